The van der Waals surface area contributed by atoms with Crippen LogP contribution in [0.15, 0.2) is 84.3 Å². The van der Waals surface area contributed by atoms with Crippen molar-refractivity contribution in [3.05, 3.63) is 93.4 Å². The smallest absolute Gasteiger partial charge is 0.182 e. The summed E-state index contributed by atoms with van der Waals surface area (Å²) in [5, 5.41) is 0. The van der Waals surface area contributed by atoms with Crippen LogP contribution < -0.4 is 4.90 Å². The van der Waals surface area contributed by atoms with Gasteiger partial charge >= 0.3 is 0 Å². The third-order valence-corrected chi connectivity index (χ3v) is 5.07. The Kier molecular flexibility index (Phi) is 5.71. The first kappa shape index (κ1) is 17.9. The second-order valence-corrected chi connectivity index (χ2v) is 7.71. The predicted molar refractivity (Wildman–Crippen MR) is 110 cm³/mol. The first-order valence-electron chi connectivity index (χ1n) is 8.34. The van der Waals surface area contributed by atoms with E-state index < -0.39 is 0 Å². The highest BCUT2D eigenvalue weighted by molar-refractivity contribution is 14.1. The molecule has 0 saturated carbocycles. The molecule has 1 aromatic carbocycles. The summed E-state index contributed by atoms with van der Waals surface area (Å²) in [6, 6.07) is 8.13. The first-order chi connectivity index (χ1) is 12.0. The zero-order valence-electron chi connectivity index (χ0n) is 14.4. The Morgan fingerprint density at radius 1 is 1.00 bits per heavy atom. The summed E-state index contributed by atoms with van der Waals surface area (Å²) in [7, 11) is 4.31. The number of allylic oxidation sites excluding steroid dienone is 6. The summed E-state index contributed by atoms with van der Waals surface area (Å²) in [5.41, 5.74) is 3.12. The molecule has 1 aromatic rings. The summed E-state index contributed by atoms with van der Waals surface area (Å²) in [6.07, 6.45) is 16.9. The van der Waals surface area contributed by atoms with Crippen molar-refractivity contribution in [2.75, 3.05) is 20.6 Å². The van der Waals surface area contributed by atoms with Crippen LogP contribution in [-0.2, 0) is 0 Å². The van der Waals surface area contributed by atoms with E-state index in [4.69, 9.17) is 0 Å². The summed E-state index contributed by atoms with van der Waals surface area (Å²) in [6.45, 7) is 0.355. The van der Waals surface area contributed by atoms with Crippen LogP contribution >= 0.6 is 22.6 Å². The molecule has 0 bridgehead atoms. The van der Waals surface area contributed by atoms with Crippen LogP contribution in [0.5, 0.6) is 0 Å². The Balaban J connectivity index is 1.64. The SMILES string of the molecule is C[NH+](C)C1C=CC(=C2C=CN(CC(=O)c3ccc(I)cc3)C=C2)C=C1. The number of ketones is 1. The van der Waals surface area contributed by atoms with Crippen molar-refractivity contribution in [1.29, 1.82) is 0 Å². The van der Waals surface area contributed by atoms with Gasteiger partial charge < -0.3 is 9.80 Å². The van der Waals surface area contributed by atoms with Crippen LogP contribution in [0, 0.1) is 3.57 Å². The van der Waals surface area contributed by atoms with E-state index in [0.717, 1.165) is 14.7 Å². The first-order valence-corrected chi connectivity index (χ1v) is 9.42. The maximum Gasteiger partial charge on any atom is 0.182 e. The quantitative estimate of drug-likeness (QED) is 0.570. The molecule has 1 aliphatic heterocycles. The molecule has 128 valence electrons. The second kappa shape index (κ2) is 7.97. The Morgan fingerprint density at radius 2 is 1.56 bits per heavy atom. The molecular weight excluding hydrogens is 423 g/mol. The maximum absolute atomic E-state index is 12.4. The molecule has 2 aliphatic rings. The molecule has 3 rings (SSSR count). The Labute approximate surface area is 162 Å². The minimum absolute atomic E-state index is 0.121. The Hall–Kier alpha value is -1.92. The largest absolute Gasteiger partial charge is 0.347 e. The number of rotatable bonds is 4. The summed E-state index contributed by atoms with van der Waals surface area (Å²) in [5.74, 6) is 0.121. The molecule has 1 aliphatic carbocycles. The van der Waals surface area contributed by atoms with Gasteiger partial charge in [0, 0.05) is 21.5 Å². The van der Waals surface area contributed by atoms with Crippen molar-refractivity contribution in [2.45, 2.75) is 6.04 Å². The molecule has 1 N–H and O–H groups in total. The monoisotopic (exact) mass is 445 g/mol. The topological polar surface area (TPSA) is 24.8 Å². The molecule has 0 saturated heterocycles. The molecule has 1 heterocycles. The van der Waals surface area contributed by atoms with Crippen LogP contribution in [0.25, 0.3) is 0 Å². The average molecular weight is 445 g/mol. The van der Waals surface area contributed by atoms with Gasteiger partial charge in [-0.15, -0.1) is 0 Å². The molecule has 0 unspecified atom stereocenters. The van der Waals surface area contributed by atoms with E-state index in [0.29, 0.717) is 12.6 Å². The van der Waals surface area contributed by atoms with Crippen molar-refractivity contribution in [1.82, 2.24) is 4.90 Å². The Morgan fingerprint density at radius 3 is 2.12 bits per heavy atom. The summed E-state index contributed by atoms with van der Waals surface area (Å²) in [4.78, 5) is 15.7. The molecule has 0 spiro atoms. The highest BCUT2D eigenvalue weighted by Gasteiger charge is 2.13. The van der Waals surface area contributed by atoms with Crippen molar-refractivity contribution in [3.63, 3.8) is 0 Å². The van der Waals surface area contributed by atoms with Gasteiger partial charge in [0.05, 0.1) is 20.6 Å². The minimum Gasteiger partial charge on any atom is -0.347 e. The molecule has 0 aromatic heterocycles. The van der Waals surface area contributed by atoms with Crippen molar-refractivity contribution < 1.29 is 9.69 Å². The molecule has 0 amide bonds. The number of hydrogen-bond acceptors (Lipinski definition) is 2. The van der Waals surface area contributed by atoms with E-state index in [9.17, 15) is 4.79 Å². The van der Waals surface area contributed by atoms with Gasteiger partial charge in [-0.1, -0.05) is 24.3 Å². The van der Waals surface area contributed by atoms with Gasteiger partial charge in [-0.3, -0.25) is 4.79 Å². The number of likely N-dealkylation sites (N-methyl/N-ethyl adjacent to an activating group) is 1. The van der Waals surface area contributed by atoms with Gasteiger partial charge in [-0.05, 0) is 70.2 Å². The number of nitrogens with one attached hydrogen (secondary N) is 1. The van der Waals surface area contributed by atoms with E-state index in [1.54, 1.807) is 0 Å². The maximum atomic E-state index is 12.4. The summed E-state index contributed by atoms with van der Waals surface area (Å²) >= 11 is 2.24. The van der Waals surface area contributed by atoms with Gasteiger partial charge in [-0.2, -0.15) is 0 Å². The van der Waals surface area contributed by atoms with Crippen molar-refractivity contribution in [2.24, 2.45) is 0 Å². The summed E-state index contributed by atoms with van der Waals surface area (Å²) < 4.78 is 1.13. The van der Waals surface area contributed by atoms with E-state index in [-0.39, 0.29) is 5.78 Å². The number of benzene rings is 1. The number of quaternary nitrogens is 1. The standard InChI is InChI=1S/C21H21IN2O/c1-23(2)20-9-5-16(6-10-20)17-11-13-24(14-12-17)15-21(25)18-3-7-19(22)8-4-18/h3-14,20H,15H2,1-2H3/p+1. The van der Waals surface area contributed by atoms with Crippen LogP contribution in [-0.4, -0.2) is 37.4 Å². The van der Waals surface area contributed by atoms with E-state index in [1.807, 2.05) is 41.6 Å². The third-order valence-electron chi connectivity index (χ3n) is 4.35. The van der Waals surface area contributed by atoms with Gasteiger partial charge in [0.2, 0.25) is 0 Å². The number of Topliss-reactive ketones (excluding diaryl/α,β-unsaturated/α-hetero) is 1. The minimum atomic E-state index is 0.121. The van der Waals surface area contributed by atoms with Gasteiger partial charge in [0.1, 0.15) is 6.04 Å². The van der Waals surface area contributed by atoms with Crippen LogP contribution in [0.1, 0.15) is 10.4 Å². The van der Waals surface area contributed by atoms with Gasteiger partial charge in [0.25, 0.3) is 0 Å². The fourth-order valence-electron chi connectivity index (χ4n) is 2.76. The zero-order chi connectivity index (χ0) is 17.8. The zero-order valence-corrected chi connectivity index (χ0v) is 16.6. The van der Waals surface area contributed by atoms with Crippen molar-refractivity contribution in [3.8, 4) is 0 Å². The number of carbonyl (C=O) groups is 1. The molecule has 0 atom stereocenters. The third kappa shape index (κ3) is 4.58. The fourth-order valence-corrected chi connectivity index (χ4v) is 3.12. The molecule has 4 heteroatoms. The predicted octanol–water partition coefficient (Wildman–Crippen LogP) is 2.75. The van der Waals surface area contributed by atoms with Crippen LogP contribution in [0.2, 0.25) is 0 Å². The highest BCUT2D eigenvalue weighted by atomic mass is 127. The number of hydrogen-bond donors (Lipinski definition) is 1. The lowest BCUT2D eigenvalue weighted by Gasteiger charge is -2.20. The molecule has 0 fully saturated rings. The highest BCUT2D eigenvalue weighted by Crippen LogP contribution is 2.19. The normalized spacial score (nSPS) is 19.2. The molecule has 0 radical (unpaired) electrons. The fraction of sp³-hybridized carbons (Fsp3) is 0.190. The second-order valence-electron chi connectivity index (χ2n) is 6.47. The van der Waals surface area contributed by atoms with E-state index in [1.165, 1.54) is 10.5 Å². The number of carbonyl (C=O) groups excluding carboxylic acids is 1. The van der Waals surface area contributed by atoms with Gasteiger partial charge in [-0.25, -0.2) is 0 Å². The lowest BCUT2D eigenvalue weighted by molar-refractivity contribution is -0.871. The molecular formula is C21H22IN2O+. The number of nitrogens with zero attached hydrogens (tertiary/aromatic N) is 1. The van der Waals surface area contributed by atoms with E-state index in [2.05, 4.69) is 73.1 Å². The molecule has 3 nitrogen and oxygen atoms in total. The van der Waals surface area contributed by atoms with Crippen molar-refractivity contribution >= 4 is 28.4 Å². The lowest BCUT2D eigenvalue weighted by atomic mass is 9.99. The number of halogens is 1. The average Bonchev–Trinajstić information content (AvgIpc) is 2.63. The van der Waals surface area contributed by atoms with Gasteiger partial charge in [0.15, 0.2) is 5.78 Å². The Bertz CT molecular complexity index is 766. The van der Waals surface area contributed by atoms with Crippen LogP contribution in [0.3, 0.4) is 0 Å². The van der Waals surface area contributed by atoms with E-state index >= 15 is 0 Å². The lowest BCUT2D eigenvalue weighted by Crippen LogP contribution is -3.09. The van der Waals surface area contributed by atoms with Crippen LogP contribution in [0.4, 0.5) is 0 Å². The molecule has 25 heavy (non-hydrogen) atoms.